The highest BCUT2D eigenvalue weighted by atomic mass is 16.6. The number of nitrogens with one attached hydrogen (secondary N) is 1. The van der Waals surface area contributed by atoms with E-state index in [0.717, 1.165) is 5.56 Å². The van der Waals surface area contributed by atoms with Crippen molar-refractivity contribution in [1.29, 1.82) is 0 Å². The lowest BCUT2D eigenvalue weighted by Crippen LogP contribution is -2.22. The van der Waals surface area contributed by atoms with Crippen LogP contribution < -0.4 is 5.32 Å². The molecule has 1 heterocycles. The molecule has 2 aromatic rings. The van der Waals surface area contributed by atoms with E-state index in [2.05, 4.69) is 15.5 Å². The average molecular weight is 276 g/mol. The predicted octanol–water partition coefficient (Wildman–Crippen LogP) is 2.45. The molecule has 7 nitrogen and oxygen atoms in total. The Labute approximate surface area is 116 Å². The second kappa shape index (κ2) is 5.79. The van der Waals surface area contributed by atoms with Gasteiger partial charge in [-0.15, -0.1) is 0 Å². The van der Waals surface area contributed by atoms with E-state index in [9.17, 15) is 10.1 Å². The monoisotopic (exact) mass is 276 g/mol. The molecule has 0 atom stereocenters. The third kappa shape index (κ3) is 3.00. The first-order chi connectivity index (χ1) is 9.49. The Hall–Kier alpha value is -2.28. The van der Waals surface area contributed by atoms with Crippen molar-refractivity contribution >= 4 is 5.69 Å². The van der Waals surface area contributed by atoms with Crippen molar-refractivity contribution in [2.45, 2.75) is 33.4 Å². The van der Waals surface area contributed by atoms with Gasteiger partial charge in [-0.2, -0.15) is 4.98 Å². The number of aromatic nitrogens is 2. The Kier molecular flexibility index (Phi) is 4.09. The molecule has 0 amide bonds. The van der Waals surface area contributed by atoms with Gasteiger partial charge in [-0.3, -0.25) is 10.1 Å². The lowest BCUT2D eigenvalue weighted by molar-refractivity contribution is -0.384. The summed E-state index contributed by atoms with van der Waals surface area (Å²) in [6.07, 6.45) is 0. The van der Waals surface area contributed by atoms with Gasteiger partial charge in [0, 0.05) is 12.1 Å². The van der Waals surface area contributed by atoms with Gasteiger partial charge in [0.25, 0.3) is 11.6 Å². The molecule has 0 spiro atoms. The third-order valence-corrected chi connectivity index (χ3v) is 2.80. The molecule has 0 radical (unpaired) electrons. The first kappa shape index (κ1) is 14.1. The number of aryl methyl sites for hydroxylation is 1. The Morgan fingerprint density at radius 1 is 1.45 bits per heavy atom. The summed E-state index contributed by atoms with van der Waals surface area (Å²) in [4.78, 5) is 14.8. The minimum Gasteiger partial charge on any atom is -0.334 e. The maximum absolute atomic E-state index is 11.1. The van der Waals surface area contributed by atoms with E-state index < -0.39 is 4.92 Å². The fraction of sp³-hybridized carbons (Fsp3) is 0.385. The van der Waals surface area contributed by atoms with Crippen LogP contribution in [0.4, 0.5) is 5.69 Å². The summed E-state index contributed by atoms with van der Waals surface area (Å²) in [6, 6.07) is 5.14. The molecule has 1 N–H and O–H groups in total. The van der Waals surface area contributed by atoms with Gasteiger partial charge in [-0.1, -0.05) is 31.1 Å². The Bertz CT molecular complexity index is 622. The molecule has 0 bridgehead atoms. The van der Waals surface area contributed by atoms with E-state index in [1.807, 2.05) is 13.8 Å². The second-order valence-corrected chi connectivity index (χ2v) is 4.78. The van der Waals surface area contributed by atoms with Crippen LogP contribution in [0, 0.1) is 17.0 Å². The summed E-state index contributed by atoms with van der Waals surface area (Å²) in [5.74, 6) is 0.654. The smallest absolute Gasteiger partial charge is 0.282 e. The van der Waals surface area contributed by atoms with Crippen LogP contribution in [0.3, 0.4) is 0 Å². The van der Waals surface area contributed by atoms with Gasteiger partial charge in [-0.25, -0.2) is 0 Å². The highest BCUT2D eigenvalue weighted by molar-refractivity contribution is 5.70. The summed E-state index contributed by atoms with van der Waals surface area (Å²) in [5.41, 5.74) is 1.07. The van der Waals surface area contributed by atoms with Crippen molar-refractivity contribution in [2.75, 3.05) is 0 Å². The Balaban J connectivity index is 2.35. The molecule has 1 aromatic heterocycles. The molecule has 1 aromatic carbocycles. The third-order valence-electron chi connectivity index (χ3n) is 2.80. The van der Waals surface area contributed by atoms with Crippen molar-refractivity contribution in [1.82, 2.24) is 15.5 Å². The zero-order valence-electron chi connectivity index (χ0n) is 11.6. The fourth-order valence-corrected chi connectivity index (χ4v) is 1.81. The lowest BCUT2D eigenvalue weighted by Gasteiger charge is -2.03. The minimum atomic E-state index is -0.446. The number of rotatable bonds is 5. The molecule has 7 heteroatoms. The van der Waals surface area contributed by atoms with Crippen molar-refractivity contribution in [2.24, 2.45) is 0 Å². The molecule has 0 aliphatic heterocycles. The topological polar surface area (TPSA) is 94.1 Å². The summed E-state index contributed by atoms with van der Waals surface area (Å²) in [6.45, 7) is 6.25. The zero-order valence-corrected chi connectivity index (χ0v) is 11.6. The molecule has 0 fully saturated rings. The van der Waals surface area contributed by atoms with Crippen molar-refractivity contribution in [3.63, 3.8) is 0 Å². The maximum Gasteiger partial charge on any atom is 0.282 e. The van der Waals surface area contributed by atoms with Crippen molar-refractivity contribution in [3.05, 3.63) is 39.7 Å². The summed E-state index contributed by atoms with van der Waals surface area (Å²) in [5, 5.41) is 18.1. The minimum absolute atomic E-state index is 0.0305. The standard InChI is InChI=1S/C13H16N4O3/c1-8(2)14-7-11-15-13(20-16-11)12-9(3)5-4-6-10(12)17(18)19/h4-6,8,14H,7H2,1-3H3. The first-order valence-electron chi connectivity index (χ1n) is 6.29. The molecule has 0 aliphatic rings. The van der Waals surface area contributed by atoms with Gasteiger partial charge >= 0.3 is 0 Å². The van der Waals surface area contributed by atoms with Gasteiger partial charge in [-0.05, 0) is 12.5 Å². The van der Waals surface area contributed by atoms with Gasteiger partial charge in [0.2, 0.25) is 0 Å². The van der Waals surface area contributed by atoms with Crippen LogP contribution in [0.5, 0.6) is 0 Å². The fourth-order valence-electron chi connectivity index (χ4n) is 1.81. The van der Waals surface area contributed by atoms with Gasteiger partial charge < -0.3 is 9.84 Å². The molecule has 0 aliphatic carbocycles. The van der Waals surface area contributed by atoms with E-state index in [-0.39, 0.29) is 11.6 Å². The second-order valence-electron chi connectivity index (χ2n) is 4.78. The van der Waals surface area contributed by atoms with Crippen LogP contribution in [0.25, 0.3) is 11.5 Å². The van der Waals surface area contributed by atoms with E-state index >= 15 is 0 Å². The van der Waals surface area contributed by atoms with E-state index in [1.165, 1.54) is 6.07 Å². The molecule has 2 rings (SSSR count). The van der Waals surface area contributed by atoms with Gasteiger partial charge in [0.05, 0.1) is 11.5 Å². The lowest BCUT2D eigenvalue weighted by atomic mass is 10.1. The van der Waals surface area contributed by atoms with Crippen LogP contribution in [0.15, 0.2) is 22.7 Å². The highest BCUT2D eigenvalue weighted by Gasteiger charge is 2.22. The highest BCUT2D eigenvalue weighted by Crippen LogP contribution is 2.31. The van der Waals surface area contributed by atoms with E-state index in [4.69, 9.17) is 4.52 Å². The number of benzene rings is 1. The van der Waals surface area contributed by atoms with Crippen LogP contribution in [0.2, 0.25) is 0 Å². The molecular formula is C13H16N4O3. The zero-order chi connectivity index (χ0) is 14.7. The van der Waals surface area contributed by atoms with Crippen LogP contribution in [-0.4, -0.2) is 21.1 Å². The number of hydrogen-bond acceptors (Lipinski definition) is 6. The van der Waals surface area contributed by atoms with Crippen LogP contribution in [-0.2, 0) is 6.54 Å². The summed E-state index contributed by atoms with van der Waals surface area (Å²) in [7, 11) is 0. The quantitative estimate of drug-likeness (QED) is 0.665. The number of nitro groups is 1. The number of hydrogen-bond donors (Lipinski definition) is 1. The molecular weight excluding hydrogens is 260 g/mol. The average Bonchev–Trinajstić information content (AvgIpc) is 2.84. The van der Waals surface area contributed by atoms with Crippen molar-refractivity contribution < 1.29 is 9.45 Å². The van der Waals surface area contributed by atoms with Crippen LogP contribution in [0.1, 0.15) is 25.2 Å². The van der Waals surface area contributed by atoms with Crippen molar-refractivity contribution in [3.8, 4) is 11.5 Å². The van der Waals surface area contributed by atoms with E-state index in [0.29, 0.717) is 24.0 Å². The Morgan fingerprint density at radius 2 is 2.20 bits per heavy atom. The Morgan fingerprint density at radius 3 is 2.85 bits per heavy atom. The normalized spacial score (nSPS) is 11.0. The van der Waals surface area contributed by atoms with Crippen LogP contribution >= 0.6 is 0 Å². The molecule has 0 saturated heterocycles. The largest absolute Gasteiger partial charge is 0.334 e. The molecule has 0 saturated carbocycles. The number of nitrogens with zero attached hydrogens (tertiary/aromatic N) is 3. The first-order valence-corrected chi connectivity index (χ1v) is 6.29. The van der Waals surface area contributed by atoms with E-state index in [1.54, 1.807) is 19.1 Å². The summed E-state index contributed by atoms with van der Waals surface area (Å²) >= 11 is 0. The molecule has 106 valence electrons. The summed E-state index contributed by atoms with van der Waals surface area (Å²) < 4.78 is 5.15. The molecule has 20 heavy (non-hydrogen) atoms. The SMILES string of the molecule is Cc1cccc([N+](=O)[O-])c1-c1nc(CNC(C)C)no1. The maximum atomic E-state index is 11.1. The predicted molar refractivity (Wildman–Crippen MR) is 73.1 cm³/mol. The van der Waals surface area contributed by atoms with Gasteiger partial charge in [0.15, 0.2) is 5.82 Å². The van der Waals surface area contributed by atoms with Gasteiger partial charge in [0.1, 0.15) is 5.56 Å². The molecule has 0 unspecified atom stereocenters. The number of nitro benzene ring substituents is 1.